The number of aliphatic hydroxyl groups excluding tert-OH is 1. The monoisotopic (exact) mass is 590 g/mol. The number of aromatic nitrogens is 2. The lowest BCUT2D eigenvalue weighted by atomic mass is 9.87. The smallest absolute Gasteiger partial charge is 0.227 e. The van der Waals surface area contributed by atoms with E-state index in [0.717, 1.165) is 59.3 Å². The van der Waals surface area contributed by atoms with E-state index < -0.39 is 0 Å². The van der Waals surface area contributed by atoms with Crippen LogP contribution in [0.5, 0.6) is 0 Å². The zero-order valence-electron chi connectivity index (χ0n) is 26.8. The highest BCUT2D eigenvalue weighted by molar-refractivity contribution is 5.83. The summed E-state index contributed by atoms with van der Waals surface area (Å²) in [6.45, 7) is 11.6. The number of rotatable bonds is 10. The number of carbonyl (C=O) groups is 1. The minimum absolute atomic E-state index is 0.0225. The highest BCUT2D eigenvalue weighted by atomic mass is 16.3. The van der Waals surface area contributed by atoms with Gasteiger partial charge in [-0.3, -0.25) is 19.7 Å². The van der Waals surface area contributed by atoms with Crippen molar-refractivity contribution in [2.45, 2.75) is 98.0 Å². The van der Waals surface area contributed by atoms with E-state index >= 15 is 0 Å². The first-order valence-corrected chi connectivity index (χ1v) is 15.9. The van der Waals surface area contributed by atoms with Crippen LogP contribution in [0, 0.1) is 27.7 Å². The SMILES string of the molecule is CCC(C(=O)NCc1ccc(CN2C(c3ncc(C)cc3C)CCCC2c2ncc(C)cc2C)c(CO)c1)c1ccccc1. The minimum atomic E-state index is -0.182. The summed E-state index contributed by atoms with van der Waals surface area (Å²) in [7, 11) is 0. The van der Waals surface area contributed by atoms with Crippen molar-refractivity contribution in [3.63, 3.8) is 0 Å². The predicted octanol–water partition coefficient (Wildman–Crippen LogP) is 7.48. The fourth-order valence-electron chi connectivity index (χ4n) is 6.87. The molecule has 230 valence electrons. The number of aryl methyl sites for hydroxylation is 4. The summed E-state index contributed by atoms with van der Waals surface area (Å²) in [5.41, 5.74) is 11.0. The lowest BCUT2D eigenvalue weighted by Gasteiger charge is -2.43. The number of nitrogens with one attached hydrogen (secondary N) is 1. The summed E-state index contributed by atoms with van der Waals surface area (Å²) >= 11 is 0. The first kappa shape index (κ1) is 31.6. The van der Waals surface area contributed by atoms with Gasteiger partial charge in [0.15, 0.2) is 0 Å². The van der Waals surface area contributed by atoms with Crippen molar-refractivity contribution in [1.29, 1.82) is 0 Å². The number of aliphatic hydroxyl groups is 1. The molecule has 0 aliphatic carbocycles. The van der Waals surface area contributed by atoms with Gasteiger partial charge in [0.1, 0.15) is 0 Å². The molecule has 5 rings (SSSR count). The van der Waals surface area contributed by atoms with Crippen LogP contribution in [0.25, 0.3) is 0 Å². The van der Waals surface area contributed by atoms with Gasteiger partial charge in [0.2, 0.25) is 5.91 Å². The van der Waals surface area contributed by atoms with Gasteiger partial charge in [0.25, 0.3) is 0 Å². The maximum atomic E-state index is 13.1. The first-order chi connectivity index (χ1) is 21.3. The number of amides is 1. The number of carbonyl (C=O) groups excluding carboxylic acids is 1. The Labute approximate surface area is 262 Å². The molecule has 1 aliphatic heterocycles. The fourth-order valence-corrected chi connectivity index (χ4v) is 6.87. The van der Waals surface area contributed by atoms with Crippen LogP contribution in [0.3, 0.4) is 0 Å². The number of likely N-dealkylation sites (tertiary alicyclic amines) is 1. The minimum Gasteiger partial charge on any atom is -0.392 e. The van der Waals surface area contributed by atoms with Gasteiger partial charge < -0.3 is 10.4 Å². The Morgan fingerprint density at radius 2 is 1.50 bits per heavy atom. The zero-order valence-corrected chi connectivity index (χ0v) is 26.8. The lowest BCUT2D eigenvalue weighted by molar-refractivity contribution is -0.122. The second-order valence-corrected chi connectivity index (χ2v) is 12.4. The first-order valence-electron chi connectivity index (χ1n) is 15.9. The van der Waals surface area contributed by atoms with Crippen molar-refractivity contribution in [2.75, 3.05) is 0 Å². The molecule has 2 aromatic heterocycles. The van der Waals surface area contributed by atoms with E-state index in [2.05, 4.69) is 62.2 Å². The largest absolute Gasteiger partial charge is 0.392 e. The van der Waals surface area contributed by atoms with Gasteiger partial charge in [-0.05, 0) is 97.9 Å². The standard InChI is InChI=1S/C38H46N4O2/c1-6-33(30-11-8-7-9-12-30)38(44)41-22-29-15-16-31(32(19-29)24-43)23-42-34(36-27(4)17-25(2)20-39-36)13-10-14-35(42)37-28(5)18-26(3)21-40-37/h7-9,11-12,15-21,33-35,43H,6,10,13-14,22-24H2,1-5H3,(H,41,44). The Morgan fingerprint density at radius 3 is 2.05 bits per heavy atom. The molecule has 0 spiro atoms. The van der Waals surface area contributed by atoms with E-state index in [1.165, 1.54) is 22.3 Å². The van der Waals surface area contributed by atoms with Crippen molar-refractivity contribution in [3.8, 4) is 0 Å². The molecular formula is C38H46N4O2. The maximum absolute atomic E-state index is 13.1. The van der Waals surface area contributed by atoms with E-state index in [4.69, 9.17) is 9.97 Å². The van der Waals surface area contributed by atoms with Crippen LogP contribution >= 0.6 is 0 Å². The van der Waals surface area contributed by atoms with E-state index in [-0.39, 0.29) is 30.5 Å². The molecule has 44 heavy (non-hydrogen) atoms. The number of hydrogen-bond acceptors (Lipinski definition) is 5. The predicted molar refractivity (Wildman–Crippen MR) is 176 cm³/mol. The van der Waals surface area contributed by atoms with Gasteiger partial charge in [0, 0.05) is 25.5 Å². The molecule has 3 atom stereocenters. The topological polar surface area (TPSA) is 78.4 Å². The molecular weight excluding hydrogens is 544 g/mol. The average Bonchev–Trinajstić information content (AvgIpc) is 3.02. The van der Waals surface area contributed by atoms with Gasteiger partial charge in [-0.1, -0.05) is 67.6 Å². The van der Waals surface area contributed by atoms with Crippen LogP contribution in [0.4, 0.5) is 0 Å². The summed E-state index contributed by atoms with van der Waals surface area (Å²) in [6, 6.07) is 20.9. The number of pyridine rings is 2. The second-order valence-electron chi connectivity index (χ2n) is 12.4. The number of benzene rings is 2. The number of piperidine rings is 1. The molecule has 0 bridgehead atoms. The van der Waals surface area contributed by atoms with Gasteiger partial charge in [0.05, 0.1) is 36.0 Å². The zero-order chi connectivity index (χ0) is 31.2. The van der Waals surface area contributed by atoms with Crippen LogP contribution in [0.15, 0.2) is 73.1 Å². The van der Waals surface area contributed by atoms with Gasteiger partial charge in [-0.25, -0.2) is 0 Å². The Morgan fingerprint density at radius 1 is 0.886 bits per heavy atom. The Bertz CT molecular complexity index is 1530. The molecule has 3 heterocycles. The summed E-state index contributed by atoms with van der Waals surface area (Å²) in [5.74, 6) is -0.160. The molecule has 3 unspecified atom stereocenters. The second kappa shape index (κ2) is 14.3. The molecule has 0 radical (unpaired) electrons. The molecule has 4 aromatic rings. The average molecular weight is 591 g/mol. The van der Waals surface area contributed by atoms with Crippen LogP contribution in [0.1, 0.15) is 107 Å². The summed E-state index contributed by atoms with van der Waals surface area (Å²) in [4.78, 5) is 25.5. The third-order valence-electron chi connectivity index (χ3n) is 9.09. The third kappa shape index (κ3) is 7.09. The van der Waals surface area contributed by atoms with E-state index in [9.17, 15) is 9.90 Å². The molecule has 1 saturated heterocycles. The molecule has 6 heteroatoms. The highest BCUT2D eigenvalue weighted by Crippen LogP contribution is 2.43. The Balaban J connectivity index is 1.42. The van der Waals surface area contributed by atoms with Crippen molar-refractivity contribution in [2.24, 2.45) is 0 Å². The normalized spacial score (nSPS) is 17.8. The highest BCUT2D eigenvalue weighted by Gasteiger charge is 2.36. The molecule has 2 N–H and O–H groups in total. The summed E-state index contributed by atoms with van der Waals surface area (Å²) < 4.78 is 0. The molecule has 6 nitrogen and oxygen atoms in total. The molecule has 2 aromatic carbocycles. The van der Waals surface area contributed by atoms with Crippen LogP contribution < -0.4 is 5.32 Å². The lowest BCUT2D eigenvalue weighted by Crippen LogP contribution is -2.37. The summed E-state index contributed by atoms with van der Waals surface area (Å²) in [6.07, 6.45) is 7.83. The van der Waals surface area contributed by atoms with E-state index in [0.29, 0.717) is 13.1 Å². The van der Waals surface area contributed by atoms with Crippen molar-refractivity contribution in [1.82, 2.24) is 20.2 Å². The quantitative estimate of drug-likeness (QED) is 0.200. The Hall–Kier alpha value is -3.87. The molecule has 1 amide bonds. The molecule has 0 saturated carbocycles. The number of nitrogens with zero attached hydrogens (tertiary/aromatic N) is 3. The van der Waals surface area contributed by atoms with E-state index in [1.807, 2.05) is 55.7 Å². The maximum Gasteiger partial charge on any atom is 0.227 e. The van der Waals surface area contributed by atoms with Crippen molar-refractivity contribution < 1.29 is 9.90 Å². The van der Waals surface area contributed by atoms with Gasteiger partial charge in [-0.2, -0.15) is 0 Å². The molecule has 1 fully saturated rings. The number of hydrogen-bond donors (Lipinski definition) is 2. The van der Waals surface area contributed by atoms with Crippen LogP contribution in [-0.4, -0.2) is 25.9 Å². The van der Waals surface area contributed by atoms with Crippen LogP contribution in [-0.2, 0) is 24.5 Å². The fraction of sp³-hybridized carbons (Fsp3) is 0.395. The third-order valence-corrected chi connectivity index (χ3v) is 9.09. The van der Waals surface area contributed by atoms with E-state index in [1.54, 1.807) is 0 Å². The van der Waals surface area contributed by atoms with Crippen LogP contribution in [0.2, 0.25) is 0 Å². The van der Waals surface area contributed by atoms with Gasteiger partial charge >= 0.3 is 0 Å². The molecule has 1 aliphatic rings. The van der Waals surface area contributed by atoms with Crippen molar-refractivity contribution >= 4 is 5.91 Å². The summed E-state index contributed by atoms with van der Waals surface area (Å²) in [5, 5.41) is 13.6. The van der Waals surface area contributed by atoms with Gasteiger partial charge in [-0.15, -0.1) is 0 Å². The van der Waals surface area contributed by atoms with Crippen molar-refractivity contribution in [3.05, 3.63) is 129 Å². The Kier molecular flexibility index (Phi) is 10.2.